The Kier molecular flexibility index (Phi) is 4.70. The summed E-state index contributed by atoms with van der Waals surface area (Å²) in [5.41, 5.74) is 5.89. The van der Waals surface area contributed by atoms with Crippen LogP contribution in [0.4, 0.5) is 13.2 Å². The van der Waals surface area contributed by atoms with Gasteiger partial charge in [-0.1, -0.05) is 6.07 Å². The van der Waals surface area contributed by atoms with Crippen LogP contribution in [0, 0.1) is 0 Å². The molecule has 0 amide bonds. The summed E-state index contributed by atoms with van der Waals surface area (Å²) in [6, 6.07) is 3.54. The SMILES string of the molecule is Cl.N[C@@H](CC(F)(F)F)c1ccc2c(c1)OCCO2. The number of hydrogen-bond donors (Lipinski definition) is 1. The van der Waals surface area contributed by atoms with E-state index in [1.54, 1.807) is 6.07 Å². The molecule has 0 saturated heterocycles. The first-order valence-corrected chi connectivity index (χ1v) is 5.17. The Bertz CT molecular complexity index is 412. The van der Waals surface area contributed by atoms with Gasteiger partial charge in [-0.25, -0.2) is 0 Å². The lowest BCUT2D eigenvalue weighted by Gasteiger charge is -2.21. The molecule has 0 radical (unpaired) electrons. The number of hydrogen-bond acceptors (Lipinski definition) is 3. The van der Waals surface area contributed by atoms with Gasteiger partial charge in [-0.05, 0) is 17.7 Å². The zero-order chi connectivity index (χ0) is 12.5. The van der Waals surface area contributed by atoms with E-state index < -0.39 is 18.6 Å². The van der Waals surface area contributed by atoms with Crippen LogP contribution < -0.4 is 15.2 Å². The van der Waals surface area contributed by atoms with Gasteiger partial charge in [-0.2, -0.15) is 13.2 Å². The van der Waals surface area contributed by atoms with Crippen molar-refractivity contribution in [1.82, 2.24) is 0 Å². The van der Waals surface area contributed by atoms with Crippen LogP contribution in [0.3, 0.4) is 0 Å². The summed E-state index contributed by atoms with van der Waals surface area (Å²) in [4.78, 5) is 0. The Morgan fingerprint density at radius 1 is 1.17 bits per heavy atom. The number of alkyl halides is 3. The number of halogens is 4. The minimum absolute atomic E-state index is 0. The number of nitrogens with two attached hydrogens (primary N) is 1. The number of rotatable bonds is 2. The highest BCUT2D eigenvalue weighted by molar-refractivity contribution is 5.85. The van der Waals surface area contributed by atoms with E-state index in [4.69, 9.17) is 15.2 Å². The van der Waals surface area contributed by atoms with Crippen molar-refractivity contribution < 1.29 is 22.6 Å². The molecule has 1 aliphatic heterocycles. The summed E-state index contributed by atoms with van der Waals surface area (Å²) in [7, 11) is 0. The lowest BCUT2D eigenvalue weighted by molar-refractivity contribution is -0.138. The van der Waals surface area contributed by atoms with E-state index in [0.717, 1.165) is 0 Å². The minimum Gasteiger partial charge on any atom is -0.486 e. The van der Waals surface area contributed by atoms with Gasteiger partial charge in [0.1, 0.15) is 13.2 Å². The van der Waals surface area contributed by atoms with Crippen LogP contribution in [-0.2, 0) is 0 Å². The molecule has 0 spiro atoms. The second kappa shape index (κ2) is 5.67. The van der Waals surface area contributed by atoms with Crippen LogP contribution in [0.5, 0.6) is 11.5 Å². The minimum atomic E-state index is -4.27. The van der Waals surface area contributed by atoms with Crippen molar-refractivity contribution in [3.8, 4) is 11.5 Å². The smallest absolute Gasteiger partial charge is 0.390 e. The first-order chi connectivity index (χ1) is 7.96. The van der Waals surface area contributed by atoms with Crippen LogP contribution >= 0.6 is 12.4 Å². The van der Waals surface area contributed by atoms with Crippen molar-refractivity contribution in [2.24, 2.45) is 5.73 Å². The van der Waals surface area contributed by atoms with Crippen molar-refractivity contribution in [2.45, 2.75) is 18.6 Å². The van der Waals surface area contributed by atoms with E-state index in [1.165, 1.54) is 12.1 Å². The third-order valence-electron chi connectivity index (χ3n) is 2.45. The van der Waals surface area contributed by atoms with Gasteiger partial charge in [0.2, 0.25) is 0 Å². The van der Waals surface area contributed by atoms with Crippen molar-refractivity contribution in [1.29, 1.82) is 0 Å². The zero-order valence-electron chi connectivity index (χ0n) is 9.37. The molecule has 1 aromatic rings. The second-order valence-corrected chi connectivity index (χ2v) is 3.83. The molecule has 3 nitrogen and oxygen atoms in total. The molecule has 1 heterocycles. The second-order valence-electron chi connectivity index (χ2n) is 3.83. The topological polar surface area (TPSA) is 44.5 Å². The molecule has 0 fully saturated rings. The molecule has 2 N–H and O–H groups in total. The van der Waals surface area contributed by atoms with Crippen molar-refractivity contribution in [2.75, 3.05) is 13.2 Å². The third-order valence-corrected chi connectivity index (χ3v) is 2.45. The van der Waals surface area contributed by atoms with Gasteiger partial charge in [0.25, 0.3) is 0 Å². The standard InChI is InChI=1S/C11H12F3NO2.ClH/c12-11(13,14)6-8(15)7-1-2-9-10(5-7)17-4-3-16-9;/h1-2,5,8H,3-4,6,15H2;1H/t8-;/m0./s1. The fourth-order valence-corrected chi connectivity index (χ4v) is 1.66. The van der Waals surface area contributed by atoms with Crippen LogP contribution in [-0.4, -0.2) is 19.4 Å². The van der Waals surface area contributed by atoms with E-state index in [9.17, 15) is 13.2 Å². The third kappa shape index (κ3) is 3.68. The molecule has 2 rings (SSSR count). The van der Waals surface area contributed by atoms with Gasteiger partial charge in [0.05, 0.1) is 6.42 Å². The van der Waals surface area contributed by atoms with Crippen molar-refractivity contribution in [3.63, 3.8) is 0 Å². The fourth-order valence-electron chi connectivity index (χ4n) is 1.66. The highest BCUT2D eigenvalue weighted by Gasteiger charge is 2.31. The molecular weight excluding hydrogens is 271 g/mol. The fraction of sp³-hybridized carbons (Fsp3) is 0.455. The summed E-state index contributed by atoms with van der Waals surface area (Å²) >= 11 is 0. The van der Waals surface area contributed by atoms with E-state index in [1.807, 2.05) is 0 Å². The molecule has 1 atom stereocenters. The number of ether oxygens (including phenoxy) is 2. The Morgan fingerprint density at radius 2 is 1.78 bits per heavy atom. The predicted molar refractivity (Wildman–Crippen MR) is 62.3 cm³/mol. The average molecular weight is 284 g/mol. The molecule has 1 aliphatic rings. The molecule has 0 saturated carbocycles. The molecule has 18 heavy (non-hydrogen) atoms. The maximum Gasteiger partial charge on any atom is 0.390 e. The monoisotopic (exact) mass is 283 g/mol. The summed E-state index contributed by atoms with van der Waals surface area (Å²) < 4.78 is 47.1. The molecule has 0 bridgehead atoms. The van der Waals surface area contributed by atoms with E-state index in [2.05, 4.69) is 0 Å². The molecule has 7 heteroatoms. The number of benzene rings is 1. The van der Waals surface area contributed by atoms with Gasteiger partial charge < -0.3 is 15.2 Å². The molecule has 0 unspecified atom stereocenters. The van der Waals surface area contributed by atoms with Gasteiger partial charge in [0.15, 0.2) is 11.5 Å². The van der Waals surface area contributed by atoms with Crippen LogP contribution in [0.25, 0.3) is 0 Å². The van der Waals surface area contributed by atoms with Crippen LogP contribution in [0.2, 0.25) is 0 Å². The Labute approximate surface area is 108 Å². The molecule has 0 aliphatic carbocycles. The maximum absolute atomic E-state index is 12.2. The first kappa shape index (κ1) is 14.9. The highest BCUT2D eigenvalue weighted by atomic mass is 35.5. The summed E-state index contributed by atoms with van der Waals surface area (Å²) in [5.74, 6) is 0.991. The van der Waals surface area contributed by atoms with E-state index >= 15 is 0 Å². The largest absolute Gasteiger partial charge is 0.486 e. The predicted octanol–water partition coefficient (Wildman–Crippen LogP) is 2.83. The van der Waals surface area contributed by atoms with Crippen LogP contribution in [0.1, 0.15) is 18.0 Å². The molecule has 1 aromatic carbocycles. The normalized spacial score (nSPS) is 15.8. The Hall–Kier alpha value is -1.14. The lowest BCUT2D eigenvalue weighted by Crippen LogP contribution is -2.21. The molecule has 102 valence electrons. The maximum atomic E-state index is 12.2. The zero-order valence-corrected chi connectivity index (χ0v) is 10.2. The van der Waals surface area contributed by atoms with Crippen LogP contribution in [0.15, 0.2) is 18.2 Å². The average Bonchev–Trinajstić information content (AvgIpc) is 2.26. The van der Waals surface area contributed by atoms with E-state index in [0.29, 0.717) is 30.3 Å². The Balaban J connectivity index is 0.00000162. The van der Waals surface area contributed by atoms with Crippen molar-refractivity contribution >= 4 is 12.4 Å². The lowest BCUT2D eigenvalue weighted by atomic mass is 10.0. The van der Waals surface area contributed by atoms with Gasteiger partial charge in [-0.3, -0.25) is 0 Å². The van der Waals surface area contributed by atoms with Gasteiger partial charge >= 0.3 is 6.18 Å². The van der Waals surface area contributed by atoms with Gasteiger partial charge in [0, 0.05) is 6.04 Å². The number of fused-ring (bicyclic) bond motifs is 1. The Morgan fingerprint density at radius 3 is 2.39 bits per heavy atom. The highest BCUT2D eigenvalue weighted by Crippen LogP contribution is 2.34. The van der Waals surface area contributed by atoms with Gasteiger partial charge in [-0.15, -0.1) is 12.4 Å². The quantitative estimate of drug-likeness (QED) is 0.908. The first-order valence-electron chi connectivity index (χ1n) is 5.17. The van der Waals surface area contributed by atoms with E-state index in [-0.39, 0.29) is 12.4 Å². The summed E-state index contributed by atoms with van der Waals surface area (Å²) in [5, 5.41) is 0. The molecular formula is C11H13ClF3NO2. The molecule has 0 aromatic heterocycles. The van der Waals surface area contributed by atoms with Crippen molar-refractivity contribution in [3.05, 3.63) is 23.8 Å². The summed E-state index contributed by atoms with van der Waals surface area (Å²) in [6.45, 7) is 0.839. The summed E-state index contributed by atoms with van der Waals surface area (Å²) in [6.07, 6.45) is -5.32.